The van der Waals surface area contributed by atoms with Crippen LogP contribution in [0.2, 0.25) is 0 Å². The summed E-state index contributed by atoms with van der Waals surface area (Å²) in [5.74, 6) is 0.727. The molecule has 3 N–H and O–H groups in total. The molecule has 1 heterocycles. The fourth-order valence-electron chi connectivity index (χ4n) is 3.03. The van der Waals surface area contributed by atoms with Crippen molar-refractivity contribution in [2.45, 2.75) is 46.4 Å². The molecule has 0 radical (unpaired) electrons. The maximum Gasteiger partial charge on any atom is 0.407 e. The van der Waals surface area contributed by atoms with Crippen LogP contribution in [-0.2, 0) is 22.6 Å². The third kappa shape index (κ3) is 9.45. The van der Waals surface area contributed by atoms with E-state index in [1.165, 1.54) is 11.1 Å². The lowest BCUT2D eigenvalue weighted by molar-refractivity contribution is 0.0341. The zero-order valence-electron chi connectivity index (χ0n) is 18.8. The van der Waals surface area contributed by atoms with E-state index >= 15 is 0 Å². The molecule has 0 aliphatic carbocycles. The smallest absolute Gasteiger partial charge is 0.407 e. The van der Waals surface area contributed by atoms with Crippen LogP contribution in [0, 0.1) is 0 Å². The number of rotatable bonds is 8. The molecule has 1 amide bonds. The highest BCUT2D eigenvalue weighted by atomic mass is 16.6. The maximum absolute atomic E-state index is 11.7. The summed E-state index contributed by atoms with van der Waals surface area (Å²) < 4.78 is 10.7. The molecule has 8 nitrogen and oxygen atoms in total. The standard InChI is InChI=1S/C22H37N5O3/c1-5-23-20(24-10-11-25-21(28)30-22(2,3)4)26-16-18-8-6-7-9-19(18)17-27-12-14-29-15-13-27/h6-9H,5,10-17H2,1-4H3,(H,25,28)(H2,23,24,26). The first-order chi connectivity index (χ1) is 14.4. The normalized spacial score (nSPS) is 15.5. The number of morpholine rings is 1. The molecule has 1 aliphatic heterocycles. The lowest BCUT2D eigenvalue weighted by Crippen LogP contribution is -2.42. The van der Waals surface area contributed by atoms with Gasteiger partial charge in [0, 0.05) is 39.3 Å². The molecule has 2 rings (SSSR count). The Morgan fingerprint density at radius 2 is 1.77 bits per heavy atom. The fourth-order valence-corrected chi connectivity index (χ4v) is 3.03. The summed E-state index contributed by atoms with van der Waals surface area (Å²) in [4.78, 5) is 18.9. The number of hydrogen-bond donors (Lipinski definition) is 3. The first-order valence-electron chi connectivity index (χ1n) is 10.7. The number of ether oxygens (including phenoxy) is 2. The van der Waals surface area contributed by atoms with Crippen molar-refractivity contribution in [1.29, 1.82) is 0 Å². The van der Waals surface area contributed by atoms with Gasteiger partial charge < -0.3 is 25.4 Å². The number of benzene rings is 1. The Hall–Kier alpha value is -2.32. The van der Waals surface area contributed by atoms with Gasteiger partial charge in [-0.1, -0.05) is 24.3 Å². The number of aliphatic imine (C=N–C) groups is 1. The molecule has 0 unspecified atom stereocenters. The predicted molar refractivity (Wildman–Crippen MR) is 120 cm³/mol. The van der Waals surface area contributed by atoms with Crippen LogP contribution in [0.4, 0.5) is 4.79 Å². The van der Waals surface area contributed by atoms with E-state index in [9.17, 15) is 4.79 Å². The molecule has 168 valence electrons. The van der Waals surface area contributed by atoms with Gasteiger partial charge in [-0.15, -0.1) is 0 Å². The van der Waals surface area contributed by atoms with Crippen LogP contribution in [0.5, 0.6) is 0 Å². The van der Waals surface area contributed by atoms with E-state index < -0.39 is 11.7 Å². The number of nitrogens with zero attached hydrogens (tertiary/aromatic N) is 2. The predicted octanol–water partition coefficient (Wildman–Crippen LogP) is 2.10. The van der Waals surface area contributed by atoms with E-state index in [4.69, 9.17) is 14.5 Å². The van der Waals surface area contributed by atoms with Crippen molar-refractivity contribution in [2.75, 3.05) is 45.9 Å². The third-order valence-corrected chi connectivity index (χ3v) is 4.45. The lowest BCUT2D eigenvalue weighted by atomic mass is 10.1. The first-order valence-corrected chi connectivity index (χ1v) is 10.7. The molecule has 0 saturated carbocycles. The highest BCUT2D eigenvalue weighted by molar-refractivity contribution is 5.79. The molecule has 0 spiro atoms. The first kappa shape index (κ1) is 24.0. The number of nitrogens with one attached hydrogen (secondary N) is 3. The van der Waals surface area contributed by atoms with Crippen LogP contribution in [0.1, 0.15) is 38.8 Å². The zero-order valence-corrected chi connectivity index (χ0v) is 18.8. The van der Waals surface area contributed by atoms with Crippen LogP contribution >= 0.6 is 0 Å². The molecule has 1 saturated heterocycles. The fraction of sp³-hybridized carbons (Fsp3) is 0.636. The Morgan fingerprint density at radius 1 is 1.10 bits per heavy atom. The van der Waals surface area contributed by atoms with Gasteiger partial charge in [0.2, 0.25) is 0 Å². The molecule has 0 bridgehead atoms. The van der Waals surface area contributed by atoms with E-state index in [1.54, 1.807) is 0 Å². The molecule has 1 aliphatic rings. The van der Waals surface area contributed by atoms with Gasteiger partial charge in [0.1, 0.15) is 5.60 Å². The van der Waals surface area contributed by atoms with Gasteiger partial charge in [-0.3, -0.25) is 4.90 Å². The van der Waals surface area contributed by atoms with E-state index in [0.717, 1.165) is 45.4 Å². The van der Waals surface area contributed by atoms with Crippen molar-refractivity contribution in [2.24, 2.45) is 4.99 Å². The highest BCUT2D eigenvalue weighted by Gasteiger charge is 2.15. The van der Waals surface area contributed by atoms with E-state index in [1.807, 2.05) is 27.7 Å². The molecular weight excluding hydrogens is 382 g/mol. The van der Waals surface area contributed by atoms with Crippen LogP contribution in [-0.4, -0.2) is 68.5 Å². The molecule has 1 aromatic rings. The number of carbonyl (C=O) groups excluding carboxylic acids is 1. The maximum atomic E-state index is 11.7. The number of hydrogen-bond acceptors (Lipinski definition) is 5. The summed E-state index contributed by atoms with van der Waals surface area (Å²) in [5.41, 5.74) is 2.02. The second-order valence-corrected chi connectivity index (χ2v) is 8.21. The van der Waals surface area contributed by atoms with E-state index in [2.05, 4.69) is 45.1 Å². The van der Waals surface area contributed by atoms with Crippen molar-refractivity contribution < 1.29 is 14.3 Å². The van der Waals surface area contributed by atoms with Gasteiger partial charge in [-0.05, 0) is 38.8 Å². The van der Waals surface area contributed by atoms with E-state index in [-0.39, 0.29) is 0 Å². The summed E-state index contributed by atoms with van der Waals surface area (Å²) in [7, 11) is 0. The molecule has 1 aromatic carbocycles. The lowest BCUT2D eigenvalue weighted by Gasteiger charge is -2.27. The van der Waals surface area contributed by atoms with Gasteiger partial charge in [-0.2, -0.15) is 0 Å². The summed E-state index contributed by atoms with van der Waals surface area (Å²) in [6, 6.07) is 8.44. The van der Waals surface area contributed by atoms with Crippen LogP contribution < -0.4 is 16.0 Å². The average molecular weight is 420 g/mol. The van der Waals surface area contributed by atoms with Crippen molar-refractivity contribution in [3.8, 4) is 0 Å². The molecule has 30 heavy (non-hydrogen) atoms. The van der Waals surface area contributed by atoms with Crippen molar-refractivity contribution in [3.05, 3.63) is 35.4 Å². The van der Waals surface area contributed by atoms with Crippen molar-refractivity contribution >= 4 is 12.1 Å². The monoisotopic (exact) mass is 419 g/mol. The summed E-state index contributed by atoms with van der Waals surface area (Å²) in [6.45, 7) is 14.4. The zero-order chi connectivity index (χ0) is 21.8. The second-order valence-electron chi connectivity index (χ2n) is 8.21. The summed E-state index contributed by atoms with van der Waals surface area (Å²) in [5, 5.41) is 9.24. The Labute approximate surface area is 180 Å². The van der Waals surface area contributed by atoms with E-state index in [0.29, 0.717) is 19.6 Å². The number of amides is 1. The number of carbonyl (C=O) groups is 1. The van der Waals surface area contributed by atoms with Gasteiger partial charge in [-0.25, -0.2) is 9.79 Å². The van der Waals surface area contributed by atoms with Crippen LogP contribution in [0.25, 0.3) is 0 Å². The Kier molecular flexibility index (Phi) is 9.89. The van der Waals surface area contributed by atoms with Crippen LogP contribution in [0.3, 0.4) is 0 Å². The molecule has 0 atom stereocenters. The highest BCUT2D eigenvalue weighted by Crippen LogP contribution is 2.14. The Morgan fingerprint density at radius 3 is 2.43 bits per heavy atom. The van der Waals surface area contributed by atoms with Crippen molar-refractivity contribution in [3.63, 3.8) is 0 Å². The van der Waals surface area contributed by atoms with Gasteiger partial charge >= 0.3 is 6.09 Å². The third-order valence-electron chi connectivity index (χ3n) is 4.45. The largest absolute Gasteiger partial charge is 0.444 e. The molecular formula is C22H37N5O3. The minimum atomic E-state index is -0.498. The minimum absolute atomic E-state index is 0.414. The quantitative estimate of drug-likeness (QED) is 0.340. The van der Waals surface area contributed by atoms with Crippen LogP contribution in [0.15, 0.2) is 29.3 Å². The number of alkyl carbamates (subject to hydrolysis) is 1. The van der Waals surface area contributed by atoms with Gasteiger partial charge in [0.25, 0.3) is 0 Å². The Balaban J connectivity index is 1.86. The Bertz CT molecular complexity index is 682. The summed E-state index contributed by atoms with van der Waals surface area (Å²) >= 11 is 0. The molecule has 0 aromatic heterocycles. The molecule has 1 fully saturated rings. The molecule has 8 heteroatoms. The van der Waals surface area contributed by atoms with Gasteiger partial charge in [0.15, 0.2) is 5.96 Å². The van der Waals surface area contributed by atoms with Crippen molar-refractivity contribution in [1.82, 2.24) is 20.9 Å². The average Bonchev–Trinajstić information content (AvgIpc) is 2.69. The number of guanidine groups is 1. The summed E-state index contributed by atoms with van der Waals surface area (Å²) in [6.07, 6.45) is -0.414. The minimum Gasteiger partial charge on any atom is -0.444 e. The second kappa shape index (κ2) is 12.4. The topological polar surface area (TPSA) is 87.2 Å². The van der Waals surface area contributed by atoms with Gasteiger partial charge in [0.05, 0.1) is 19.8 Å². The SMILES string of the molecule is CCNC(=NCc1ccccc1CN1CCOCC1)NCCNC(=O)OC(C)(C)C.